The highest BCUT2D eigenvalue weighted by Gasteiger charge is 2.48. The molecule has 1 atom stereocenters. The van der Waals surface area contributed by atoms with E-state index in [2.05, 4.69) is 15.3 Å². The lowest BCUT2D eigenvalue weighted by Crippen LogP contribution is -2.62. The van der Waals surface area contributed by atoms with Crippen LogP contribution in [-0.2, 0) is 11.3 Å². The fraction of sp³-hybridized carbons (Fsp3) is 0.343. The molecule has 3 aromatic heterocycles. The maximum absolute atomic E-state index is 15.1. The van der Waals surface area contributed by atoms with Crippen molar-refractivity contribution in [3.8, 4) is 23.0 Å². The lowest BCUT2D eigenvalue weighted by atomic mass is 9.75. The van der Waals surface area contributed by atoms with Crippen LogP contribution in [-0.4, -0.2) is 79.3 Å². The predicted molar refractivity (Wildman–Crippen MR) is 178 cm³/mol. The molecule has 14 heteroatoms. The summed E-state index contributed by atoms with van der Waals surface area (Å²) in [5.74, 6) is -0.529. The largest absolute Gasteiger partial charge is 0.494 e. The molecule has 12 nitrogen and oxygen atoms in total. The minimum absolute atomic E-state index is 0.0186. The molecule has 0 spiro atoms. The topological polar surface area (TPSA) is 137 Å². The highest BCUT2D eigenvalue weighted by atomic mass is 19.1. The highest BCUT2D eigenvalue weighted by Crippen LogP contribution is 2.39. The third-order valence-electron chi connectivity index (χ3n) is 8.59. The molecule has 1 aliphatic heterocycles. The number of halogens is 2. The van der Waals surface area contributed by atoms with E-state index < -0.39 is 28.7 Å². The number of morpholine rings is 1. The van der Waals surface area contributed by atoms with Crippen molar-refractivity contribution in [1.82, 2.24) is 29.6 Å². The Kier molecular flexibility index (Phi) is 9.32. The number of ether oxygens (including phenoxy) is 3. The normalized spacial score (nSPS) is 16.5. The molecule has 1 fully saturated rings. The molecule has 1 saturated heterocycles. The van der Waals surface area contributed by atoms with Gasteiger partial charge in [-0.3, -0.25) is 9.67 Å². The standard InChI is InChI=1S/C35H37F2N7O5/c1-5-47-23-16-26(36)25(27(37)17-23)19-44-28-9-7-6-8-24(28)30(42-44)32-39-18-29(31(41-32)40-22-10-12-38-13-11-22)48-21-35(34(2,3)4)20-43(33(45)46)14-15-49-35/h6-13,16-18H,5,14-15,19-21H2,1-4H3,(H,45,46)(H,38,39,40,41). The van der Waals surface area contributed by atoms with E-state index >= 15 is 8.78 Å². The first-order chi connectivity index (χ1) is 23.5. The van der Waals surface area contributed by atoms with Gasteiger partial charge in [-0.25, -0.2) is 23.5 Å². The van der Waals surface area contributed by atoms with Gasteiger partial charge in [0.1, 0.15) is 35.3 Å². The SMILES string of the molecule is CCOc1cc(F)c(Cn2nc(-c3ncc(OCC4(C(C)(C)C)CN(C(=O)O)CCO4)c(Nc4ccncc4)n3)c3ccccc32)c(F)c1. The van der Waals surface area contributed by atoms with E-state index in [1.165, 1.54) is 15.8 Å². The van der Waals surface area contributed by atoms with Crippen LogP contribution < -0.4 is 14.8 Å². The Hall–Kier alpha value is -5.37. The van der Waals surface area contributed by atoms with Gasteiger partial charge in [-0.05, 0) is 30.5 Å². The molecule has 4 heterocycles. The zero-order valence-corrected chi connectivity index (χ0v) is 27.6. The Bertz CT molecular complexity index is 1940. The fourth-order valence-electron chi connectivity index (χ4n) is 5.70. The van der Waals surface area contributed by atoms with Gasteiger partial charge in [0.05, 0.1) is 38.0 Å². The first kappa shape index (κ1) is 33.5. The molecule has 0 bridgehead atoms. The second-order valence-electron chi connectivity index (χ2n) is 12.7. The van der Waals surface area contributed by atoms with Gasteiger partial charge in [0, 0.05) is 47.7 Å². The van der Waals surface area contributed by atoms with Crippen LogP contribution in [0.2, 0.25) is 0 Å². The molecule has 1 amide bonds. The average Bonchev–Trinajstić information content (AvgIpc) is 3.44. The Balaban J connectivity index is 1.37. The maximum atomic E-state index is 15.1. The maximum Gasteiger partial charge on any atom is 0.407 e. The molecule has 49 heavy (non-hydrogen) atoms. The van der Waals surface area contributed by atoms with Crippen LogP contribution in [0.1, 0.15) is 33.3 Å². The molecule has 1 aliphatic rings. The Morgan fingerprint density at radius 2 is 1.84 bits per heavy atom. The molecule has 0 radical (unpaired) electrons. The molecule has 0 saturated carbocycles. The molecule has 0 aliphatic carbocycles. The van der Waals surface area contributed by atoms with Crippen molar-refractivity contribution in [1.29, 1.82) is 0 Å². The van der Waals surface area contributed by atoms with Gasteiger partial charge in [-0.1, -0.05) is 39.0 Å². The molecule has 5 aromatic rings. The molecule has 6 rings (SSSR count). The first-order valence-corrected chi connectivity index (χ1v) is 15.8. The van der Waals surface area contributed by atoms with Crippen molar-refractivity contribution < 1.29 is 32.9 Å². The zero-order valence-electron chi connectivity index (χ0n) is 27.6. The second-order valence-corrected chi connectivity index (χ2v) is 12.7. The minimum atomic E-state index is -1.02. The number of hydrogen-bond acceptors (Lipinski definition) is 9. The van der Waals surface area contributed by atoms with Crippen LogP contribution in [0.15, 0.2) is 67.1 Å². The van der Waals surface area contributed by atoms with E-state index in [9.17, 15) is 9.90 Å². The van der Waals surface area contributed by atoms with Crippen molar-refractivity contribution in [3.63, 3.8) is 0 Å². The van der Waals surface area contributed by atoms with Gasteiger partial charge in [-0.2, -0.15) is 5.10 Å². The number of fused-ring (bicyclic) bond motifs is 1. The van der Waals surface area contributed by atoms with E-state index in [1.807, 2.05) is 39.0 Å². The smallest absolute Gasteiger partial charge is 0.407 e. The number of carbonyl (C=O) groups is 1. The lowest BCUT2D eigenvalue weighted by Gasteiger charge is -2.49. The minimum Gasteiger partial charge on any atom is -0.494 e. The van der Waals surface area contributed by atoms with Crippen LogP contribution >= 0.6 is 0 Å². The number of benzene rings is 2. The molecule has 2 aromatic carbocycles. The third-order valence-corrected chi connectivity index (χ3v) is 8.59. The Labute approximate surface area is 281 Å². The van der Waals surface area contributed by atoms with E-state index in [0.29, 0.717) is 33.9 Å². The number of hydrogen-bond donors (Lipinski definition) is 2. The Morgan fingerprint density at radius 3 is 2.53 bits per heavy atom. The monoisotopic (exact) mass is 673 g/mol. The van der Waals surface area contributed by atoms with E-state index in [1.54, 1.807) is 37.5 Å². The van der Waals surface area contributed by atoms with Crippen LogP contribution in [0.5, 0.6) is 11.5 Å². The van der Waals surface area contributed by atoms with Crippen LogP contribution in [0, 0.1) is 17.0 Å². The predicted octanol–water partition coefficient (Wildman–Crippen LogP) is 6.53. The number of amides is 1. The number of aromatic nitrogens is 5. The van der Waals surface area contributed by atoms with E-state index in [4.69, 9.17) is 24.3 Å². The molecular formula is C35H37F2N7O5. The third kappa shape index (κ3) is 6.95. The summed E-state index contributed by atoms with van der Waals surface area (Å²) in [5, 5.41) is 18.4. The van der Waals surface area contributed by atoms with E-state index in [0.717, 1.165) is 12.1 Å². The summed E-state index contributed by atoms with van der Waals surface area (Å²) in [4.78, 5) is 26.7. The van der Waals surface area contributed by atoms with Gasteiger partial charge >= 0.3 is 6.09 Å². The van der Waals surface area contributed by atoms with Crippen molar-refractivity contribution in [3.05, 3.63) is 84.3 Å². The number of nitrogens with zero attached hydrogens (tertiary/aromatic N) is 6. The lowest BCUT2D eigenvalue weighted by molar-refractivity contribution is -0.175. The van der Waals surface area contributed by atoms with Gasteiger partial charge in [0.25, 0.3) is 0 Å². The molecule has 256 valence electrons. The summed E-state index contributed by atoms with van der Waals surface area (Å²) in [6, 6.07) is 13.1. The quantitative estimate of drug-likeness (QED) is 0.168. The number of anilines is 2. The number of nitrogens with one attached hydrogen (secondary N) is 1. The van der Waals surface area contributed by atoms with Gasteiger partial charge < -0.3 is 29.5 Å². The summed E-state index contributed by atoms with van der Waals surface area (Å²) in [5.41, 5.74) is 0.0866. The molecule has 1 unspecified atom stereocenters. The number of carboxylic acid groups (broad SMARTS) is 1. The summed E-state index contributed by atoms with van der Waals surface area (Å²) in [6.07, 6.45) is 3.75. The molecular weight excluding hydrogens is 636 g/mol. The average molecular weight is 674 g/mol. The number of pyridine rings is 1. The van der Waals surface area contributed by atoms with Crippen LogP contribution in [0.25, 0.3) is 22.4 Å². The van der Waals surface area contributed by atoms with Gasteiger partial charge in [0.2, 0.25) is 0 Å². The van der Waals surface area contributed by atoms with Crippen molar-refractivity contribution >= 4 is 28.5 Å². The summed E-state index contributed by atoms with van der Waals surface area (Å²) in [6.45, 7) is 8.39. The highest BCUT2D eigenvalue weighted by molar-refractivity contribution is 5.92. The van der Waals surface area contributed by atoms with E-state index in [-0.39, 0.29) is 56.6 Å². The van der Waals surface area contributed by atoms with Gasteiger partial charge in [-0.15, -0.1) is 0 Å². The first-order valence-electron chi connectivity index (χ1n) is 15.8. The zero-order chi connectivity index (χ0) is 34.8. The second kappa shape index (κ2) is 13.6. The van der Waals surface area contributed by atoms with Crippen molar-refractivity contribution in [2.75, 3.05) is 38.2 Å². The van der Waals surface area contributed by atoms with Crippen LogP contribution in [0.3, 0.4) is 0 Å². The summed E-state index contributed by atoms with van der Waals surface area (Å²) in [7, 11) is 0. The van der Waals surface area contributed by atoms with Crippen molar-refractivity contribution in [2.24, 2.45) is 5.41 Å². The summed E-state index contributed by atoms with van der Waals surface area (Å²) < 4.78 is 49.5. The molecule has 2 N–H and O–H groups in total. The summed E-state index contributed by atoms with van der Waals surface area (Å²) >= 11 is 0. The number of para-hydroxylation sites is 1. The van der Waals surface area contributed by atoms with Gasteiger partial charge in [0.15, 0.2) is 17.4 Å². The fourth-order valence-corrected chi connectivity index (χ4v) is 5.70. The van der Waals surface area contributed by atoms with Crippen molar-refractivity contribution in [2.45, 2.75) is 39.8 Å². The van der Waals surface area contributed by atoms with Crippen LogP contribution in [0.4, 0.5) is 25.1 Å². The number of rotatable bonds is 10. The Morgan fingerprint density at radius 1 is 1.10 bits per heavy atom.